The molecule has 0 aromatic heterocycles. The van der Waals surface area contributed by atoms with Crippen LogP contribution in [0.4, 0.5) is 14.9 Å². The van der Waals surface area contributed by atoms with Crippen LogP contribution in [0.25, 0.3) is 0 Å². The van der Waals surface area contributed by atoms with Gasteiger partial charge in [-0.25, -0.2) is 9.18 Å². The molecule has 4 amide bonds. The van der Waals surface area contributed by atoms with Gasteiger partial charge in [0.05, 0.1) is 0 Å². The third-order valence-corrected chi connectivity index (χ3v) is 6.77. The number of piperidine rings is 1. The minimum Gasteiger partial charge on any atom is -0.369 e. The van der Waals surface area contributed by atoms with Crippen LogP contribution in [0.3, 0.4) is 0 Å². The summed E-state index contributed by atoms with van der Waals surface area (Å²) < 4.78 is 13.4. The maximum absolute atomic E-state index is 13.4. The molecule has 1 saturated carbocycles. The summed E-state index contributed by atoms with van der Waals surface area (Å²) in [6, 6.07) is 4.50. The molecule has 0 radical (unpaired) electrons. The van der Waals surface area contributed by atoms with Gasteiger partial charge in [-0.05, 0) is 62.8 Å². The Balaban J connectivity index is 1.24. The van der Waals surface area contributed by atoms with Crippen molar-refractivity contribution in [2.45, 2.75) is 69.9 Å². The fourth-order valence-electron chi connectivity index (χ4n) is 5.18. The molecule has 31 heavy (non-hydrogen) atoms. The Morgan fingerprint density at radius 2 is 2.03 bits per heavy atom. The highest BCUT2D eigenvalue weighted by Gasteiger charge is 2.52. The summed E-state index contributed by atoms with van der Waals surface area (Å²) in [6.45, 7) is 3.73. The van der Waals surface area contributed by atoms with Gasteiger partial charge in [0.1, 0.15) is 11.4 Å². The number of carbonyl (C=O) groups is 3. The number of hydrogen-bond donors (Lipinski definition) is 2. The van der Waals surface area contributed by atoms with E-state index < -0.39 is 5.54 Å². The van der Waals surface area contributed by atoms with Crippen LogP contribution in [-0.2, 0) is 9.59 Å². The van der Waals surface area contributed by atoms with Crippen molar-refractivity contribution in [3.05, 3.63) is 29.6 Å². The molecule has 3 fully saturated rings. The lowest BCUT2D eigenvalue weighted by Gasteiger charge is -2.35. The topological polar surface area (TPSA) is 81.8 Å². The highest BCUT2D eigenvalue weighted by atomic mass is 19.1. The summed E-state index contributed by atoms with van der Waals surface area (Å²) in [6.07, 6.45) is 5.91. The lowest BCUT2D eigenvalue weighted by molar-refractivity contribution is -0.131. The molecule has 2 saturated heterocycles. The summed E-state index contributed by atoms with van der Waals surface area (Å²) in [5.41, 5.74) is 1.20. The zero-order valence-corrected chi connectivity index (χ0v) is 18.1. The van der Waals surface area contributed by atoms with Gasteiger partial charge >= 0.3 is 6.03 Å². The normalized spacial score (nSPS) is 22.8. The Labute approximate surface area is 182 Å². The number of anilines is 1. The number of urea groups is 1. The first kappa shape index (κ1) is 21.6. The van der Waals surface area contributed by atoms with Crippen molar-refractivity contribution in [3.8, 4) is 0 Å². The van der Waals surface area contributed by atoms with Gasteiger partial charge in [0.2, 0.25) is 5.91 Å². The molecule has 0 bridgehead atoms. The molecule has 1 aromatic carbocycles. The van der Waals surface area contributed by atoms with Crippen LogP contribution in [0.1, 0.15) is 56.9 Å². The number of hydrogen-bond acceptors (Lipinski definition) is 4. The van der Waals surface area contributed by atoms with Crippen molar-refractivity contribution in [1.82, 2.24) is 15.5 Å². The van der Waals surface area contributed by atoms with Gasteiger partial charge in [-0.15, -0.1) is 0 Å². The number of carbonyl (C=O) groups excluding carboxylic acids is 3. The highest BCUT2D eigenvalue weighted by molar-refractivity contribution is 6.07. The molecule has 1 aromatic rings. The number of nitrogens with zero attached hydrogens (tertiary/aromatic N) is 2. The van der Waals surface area contributed by atoms with E-state index in [1.165, 1.54) is 17.0 Å². The number of benzene rings is 1. The van der Waals surface area contributed by atoms with Gasteiger partial charge in [0.25, 0.3) is 5.91 Å². The standard InChI is InChI=1S/C23H31FN4O3/c1-16-14-17(24)8-9-19(16)27-12-4-6-18(15-27)25-20(29)7-5-13-28-21(30)23(26-22(28)31)10-2-3-11-23/h8-9,14,18H,2-7,10-13,15H2,1H3,(H,25,29)(H,26,31). The number of amides is 4. The van der Waals surface area contributed by atoms with Crippen LogP contribution in [0.5, 0.6) is 0 Å². The van der Waals surface area contributed by atoms with Crippen molar-refractivity contribution in [2.24, 2.45) is 0 Å². The zero-order valence-electron chi connectivity index (χ0n) is 18.1. The average Bonchev–Trinajstić information content (AvgIpc) is 3.28. The fraction of sp³-hybridized carbons (Fsp3) is 0.609. The first-order valence-corrected chi connectivity index (χ1v) is 11.3. The lowest BCUT2D eigenvalue weighted by Crippen LogP contribution is -2.48. The number of aryl methyl sites for hydroxylation is 1. The maximum Gasteiger partial charge on any atom is 0.325 e. The van der Waals surface area contributed by atoms with Gasteiger partial charge in [0, 0.05) is 37.8 Å². The van der Waals surface area contributed by atoms with Gasteiger partial charge in [-0.2, -0.15) is 0 Å². The van der Waals surface area contributed by atoms with E-state index >= 15 is 0 Å². The predicted molar refractivity (Wildman–Crippen MR) is 115 cm³/mol. The van der Waals surface area contributed by atoms with Crippen molar-refractivity contribution in [2.75, 3.05) is 24.5 Å². The molecule has 2 heterocycles. The van der Waals surface area contributed by atoms with Gasteiger partial charge in [0.15, 0.2) is 0 Å². The summed E-state index contributed by atoms with van der Waals surface area (Å²) in [7, 11) is 0. The second kappa shape index (κ2) is 8.85. The molecular formula is C23H31FN4O3. The summed E-state index contributed by atoms with van der Waals surface area (Å²) >= 11 is 0. The highest BCUT2D eigenvalue weighted by Crippen LogP contribution is 2.35. The van der Waals surface area contributed by atoms with Gasteiger partial charge in [-0.1, -0.05) is 12.8 Å². The smallest absolute Gasteiger partial charge is 0.325 e. The molecule has 1 atom stereocenters. The molecular weight excluding hydrogens is 399 g/mol. The molecule has 1 spiro atoms. The van der Waals surface area contributed by atoms with Crippen LogP contribution in [0.2, 0.25) is 0 Å². The minimum atomic E-state index is -0.691. The summed E-state index contributed by atoms with van der Waals surface area (Å²) in [5.74, 6) is -0.439. The number of halogens is 1. The molecule has 7 nitrogen and oxygen atoms in total. The summed E-state index contributed by atoms with van der Waals surface area (Å²) in [5, 5.41) is 5.96. The van der Waals surface area contributed by atoms with Crippen LogP contribution in [0, 0.1) is 12.7 Å². The number of imide groups is 1. The van der Waals surface area contributed by atoms with Crippen LogP contribution in [-0.4, -0.2) is 54.0 Å². The third-order valence-electron chi connectivity index (χ3n) is 6.77. The average molecular weight is 431 g/mol. The monoisotopic (exact) mass is 430 g/mol. The van der Waals surface area contributed by atoms with Crippen molar-refractivity contribution in [3.63, 3.8) is 0 Å². The second-order valence-electron chi connectivity index (χ2n) is 9.06. The molecule has 2 aliphatic heterocycles. The van der Waals surface area contributed by atoms with E-state index in [1.807, 2.05) is 6.92 Å². The minimum absolute atomic E-state index is 0.0316. The number of rotatable bonds is 6. The van der Waals surface area contributed by atoms with Crippen molar-refractivity contribution >= 4 is 23.5 Å². The van der Waals surface area contributed by atoms with E-state index in [2.05, 4.69) is 15.5 Å². The van der Waals surface area contributed by atoms with E-state index in [4.69, 9.17) is 0 Å². The van der Waals surface area contributed by atoms with E-state index in [-0.39, 0.29) is 42.7 Å². The Morgan fingerprint density at radius 3 is 2.77 bits per heavy atom. The Hall–Kier alpha value is -2.64. The molecule has 4 rings (SSSR count). The lowest BCUT2D eigenvalue weighted by atomic mass is 9.98. The third kappa shape index (κ3) is 4.52. The van der Waals surface area contributed by atoms with Crippen LogP contribution in [0.15, 0.2) is 18.2 Å². The Morgan fingerprint density at radius 1 is 1.26 bits per heavy atom. The van der Waals surface area contributed by atoms with Gasteiger partial charge in [-0.3, -0.25) is 14.5 Å². The fourth-order valence-corrected chi connectivity index (χ4v) is 5.18. The van der Waals surface area contributed by atoms with Crippen LogP contribution < -0.4 is 15.5 Å². The molecule has 1 unspecified atom stereocenters. The second-order valence-corrected chi connectivity index (χ2v) is 9.06. The van der Waals surface area contributed by atoms with Crippen molar-refractivity contribution < 1.29 is 18.8 Å². The first-order valence-electron chi connectivity index (χ1n) is 11.3. The molecule has 1 aliphatic carbocycles. The Bertz CT molecular complexity index is 868. The zero-order chi connectivity index (χ0) is 22.0. The molecule has 168 valence electrons. The summed E-state index contributed by atoms with van der Waals surface area (Å²) in [4.78, 5) is 40.8. The van der Waals surface area contributed by atoms with Crippen molar-refractivity contribution in [1.29, 1.82) is 0 Å². The molecule has 2 N–H and O–H groups in total. The van der Waals surface area contributed by atoms with E-state index in [0.29, 0.717) is 25.8 Å². The predicted octanol–water partition coefficient (Wildman–Crippen LogP) is 2.86. The van der Waals surface area contributed by atoms with Gasteiger partial charge < -0.3 is 15.5 Å². The van der Waals surface area contributed by atoms with E-state index in [0.717, 1.165) is 43.5 Å². The largest absolute Gasteiger partial charge is 0.369 e. The quantitative estimate of drug-likeness (QED) is 0.680. The maximum atomic E-state index is 13.4. The van der Waals surface area contributed by atoms with E-state index in [1.54, 1.807) is 6.07 Å². The van der Waals surface area contributed by atoms with Crippen LogP contribution >= 0.6 is 0 Å². The molecule has 8 heteroatoms. The first-order chi connectivity index (χ1) is 14.9. The Kier molecular flexibility index (Phi) is 6.16. The molecule has 3 aliphatic rings. The van der Waals surface area contributed by atoms with E-state index in [9.17, 15) is 18.8 Å². The number of nitrogens with one attached hydrogen (secondary N) is 2. The SMILES string of the molecule is Cc1cc(F)ccc1N1CCCC(NC(=O)CCCN2C(=O)NC3(CCCC3)C2=O)C1.